The van der Waals surface area contributed by atoms with E-state index in [-0.39, 0.29) is 0 Å². The molecule has 0 spiro atoms. The maximum atomic E-state index is 5.53. The van der Waals surface area contributed by atoms with E-state index < -0.39 is 0 Å². The van der Waals surface area contributed by atoms with E-state index in [1.807, 2.05) is 5.06 Å². The summed E-state index contributed by atoms with van der Waals surface area (Å²) in [7, 11) is 0. The molecule has 0 unspecified atom stereocenters. The third kappa shape index (κ3) is 16.4. The average Bonchev–Trinajstić information content (AvgIpc) is 2.45. The third-order valence-corrected chi connectivity index (χ3v) is 3.89. The Morgan fingerprint density at radius 1 is 0.762 bits per heavy atom. The van der Waals surface area contributed by atoms with Crippen molar-refractivity contribution in [2.45, 2.75) is 90.9 Å². The van der Waals surface area contributed by atoms with Crippen molar-refractivity contribution < 1.29 is 4.84 Å². The van der Waals surface area contributed by atoms with Crippen molar-refractivity contribution in [3.8, 4) is 0 Å². The molecule has 0 aliphatic carbocycles. The quantitative estimate of drug-likeness (QED) is 0.167. The zero-order valence-corrected chi connectivity index (χ0v) is 15.8. The van der Waals surface area contributed by atoms with Crippen LogP contribution >= 0.6 is 24.8 Å². The highest BCUT2D eigenvalue weighted by molar-refractivity contribution is 8.10. The van der Waals surface area contributed by atoms with Gasteiger partial charge < -0.3 is 4.84 Å². The molecule has 0 aliphatic heterocycles. The Balaban J connectivity index is 3.64. The van der Waals surface area contributed by atoms with E-state index in [0.717, 1.165) is 13.1 Å². The van der Waals surface area contributed by atoms with E-state index in [1.54, 1.807) is 0 Å². The van der Waals surface area contributed by atoms with E-state index in [2.05, 4.69) is 26.5 Å². The highest BCUT2D eigenvalue weighted by atomic mass is 32.1. The fourth-order valence-corrected chi connectivity index (χ4v) is 2.67. The van der Waals surface area contributed by atoms with Crippen molar-refractivity contribution in [3.05, 3.63) is 0 Å². The second-order valence-electron chi connectivity index (χ2n) is 5.82. The van der Waals surface area contributed by atoms with E-state index in [0.29, 0.717) is 4.38 Å². The molecule has 0 atom stereocenters. The second-order valence-corrected chi connectivity index (χ2v) is 6.90. The van der Waals surface area contributed by atoms with Gasteiger partial charge >= 0.3 is 0 Å². The summed E-state index contributed by atoms with van der Waals surface area (Å²) < 4.78 is 0.340. The number of thiol groups is 1. The number of hydrogen-bond acceptors (Lipinski definition) is 3. The Morgan fingerprint density at radius 3 is 1.52 bits per heavy atom. The normalized spacial score (nSPS) is 11.0. The van der Waals surface area contributed by atoms with Crippen LogP contribution in [0.5, 0.6) is 0 Å². The molecule has 0 saturated heterocycles. The molecule has 0 saturated carbocycles. The number of thiocarbonyl (C=S) groups is 1. The van der Waals surface area contributed by atoms with Crippen LogP contribution < -0.4 is 0 Å². The minimum Gasteiger partial charge on any atom is -0.387 e. The fourth-order valence-electron chi connectivity index (χ4n) is 2.45. The first-order valence-corrected chi connectivity index (χ1v) is 9.72. The summed E-state index contributed by atoms with van der Waals surface area (Å²) in [6.07, 6.45) is 15.7. The molecule has 0 fully saturated rings. The molecule has 0 rings (SSSR count). The Morgan fingerprint density at radius 2 is 1.14 bits per heavy atom. The van der Waals surface area contributed by atoms with Crippen molar-refractivity contribution in [2.24, 2.45) is 0 Å². The minimum atomic E-state index is 0.340. The molecule has 0 aliphatic rings. The van der Waals surface area contributed by atoms with Gasteiger partial charge in [-0.25, -0.2) is 0 Å². The Bertz CT molecular complexity index is 221. The Hall–Kier alpha value is 0.200. The summed E-state index contributed by atoms with van der Waals surface area (Å²) in [6, 6.07) is 0. The van der Waals surface area contributed by atoms with Gasteiger partial charge in [-0.15, -0.1) is 5.06 Å². The first kappa shape index (κ1) is 21.2. The summed E-state index contributed by atoms with van der Waals surface area (Å²) in [4.78, 5) is 5.53. The summed E-state index contributed by atoms with van der Waals surface area (Å²) in [5.74, 6) is 0. The third-order valence-electron chi connectivity index (χ3n) is 3.73. The lowest BCUT2D eigenvalue weighted by Gasteiger charge is -2.21. The molecule has 2 nitrogen and oxygen atoms in total. The molecular formula is C17H35NOS2. The standard InChI is InChI=1S/C17H35NOS2/c1-3-5-7-9-11-13-15-18(19-17(20)21)16-14-12-10-8-6-4-2/h3-16H2,1-2H3,(H,20,21). The molecule has 0 heterocycles. The molecule has 0 radical (unpaired) electrons. The lowest BCUT2D eigenvalue weighted by Crippen LogP contribution is -2.27. The summed E-state index contributed by atoms with van der Waals surface area (Å²) >= 11 is 9.03. The van der Waals surface area contributed by atoms with Gasteiger partial charge in [0.1, 0.15) is 0 Å². The van der Waals surface area contributed by atoms with Gasteiger partial charge in [0.2, 0.25) is 4.38 Å². The van der Waals surface area contributed by atoms with Crippen LogP contribution in [0, 0.1) is 0 Å². The van der Waals surface area contributed by atoms with Crippen LogP contribution in [0.4, 0.5) is 0 Å². The van der Waals surface area contributed by atoms with Crippen LogP contribution in [-0.2, 0) is 4.84 Å². The molecule has 4 heteroatoms. The minimum absolute atomic E-state index is 0.340. The molecule has 0 aromatic carbocycles. The molecule has 0 amide bonds. The highest BCUT2D eigenvalue weighted by Crippen LogP contribution is 2.10. The molecule has 0 aromatic rings. The highest BCUT2D eigenvalue weighted by Gasteiger charge is 2.07. The van der Waals surface area contributed by atoms with Gasteiger partial charge in [-0.2, -0.15) is 0 Å². The predicted molar refractivity (Wildman–Crippen MR) is 101 cm³/mol. The van der Waals surface area contributed by atoms with Gasteiger partial charge in [-0.05, 0) is 25.1 Å². The maximum Gasteiger partial charge on any atom is 0.241 e. The Labute approximate surface area is 143 Å². The first-order chi connectivity index (χ1) is 10.2. The van der Waals surface area contributed by atoms with Gasteiger partial charge in [0.15, 0.2) is 0 Å². The second kappa shape index (κ2) is 16.6. The van der Waals surface area contributed by atoms with Gasteiger partial charge in [0, 0.05) is 13.1 Å². The predicted octanol–water partition coefficient (Wildman–Crippen LogP) is 6.16. The van der Waals surface area contributed by atoms with Crippen molar-refractivity contribution >= 4 is 29.2 Å². The van der Waals surface area contributed by atoms with Crippen molar-refractivity contribution in [1.29, 1.82) is 0 Å². The van der Waals surface area contributed by atoms with Crippen molar-refractivity contribution in [3.63, 3.8) is 0 Å². The molecule has 0 N–H and O–H groups in total. The van der Waals surface area contributed by atoms with Crippen LogP contribution in [0.1, 0.15) is 90.9 Å². The lowest BCUT2D eigenvalue weighted by atomic mass is 10.1. The average molecular weight is 334 g/mol. The van der Waals surface area contributed by atoms with E-state index in [9.17, 15) is 0 Å². The smallest absolute Gasteiger partial charge is 0.241 e. The largest absolute Gasteiger partial charge is 0.387 e. The number of hydroxylamine groups is 2. The van der Waals surface area contributed by atoms with Crippen LogP contribution in [0.25, 0.3) is 0 Å². The SMILES string of the molecule is CCCCCCCCN(CCCCCCCC)OC(=S)S. The van der Waals surface area contributed by atoms with Crippen molar-refractivity contribution in [2.75, 3.05) is 13.1 Å². The van der Waals surface area contributed by atoms with Gasteiger partial charge in [-0.1, -0.05) is 90.7 Å². The topological polar surface area (TPSA) is 12.5 Å². The van der Waals surface area contributed by atoms with E-state index >= 15 is 0 Å². The lowest BCUT2D eigenvalue weighted by molar-refractivity contribution is -0.0676. The molecule has 0 bridgehead atoms. The summed E-state index contributed by atoms with van der Waals surface area (Å²) in [5.41, 5.74) is 0. The zero-order chi connectivity index (χ0) is 15.8. The number of unbranched alkanes of at least 4 members (excludes halogenated alkanes) is 10. The molecule has 126 valence electrons. The van der Waals surface area contributed by atoms with Crippen LogP contribution in [0.15, 0.2) is 0 Å². The molecule has 0 aromatic heterocycles. The van der Waals surface area contributed by atoms with Crippen molar-refractivity contribution in [1.82, 2.24) is 5.06 Å². The van der Waals surface area contributed by atoms with Crippen LogP contribution in [-0.4, -0.2) is 22.5 Å². The van der Waals surface area contributed by atoms with Gasteiger partial charge in [0.05, 0.1) is 0 Å². The molecule has 21 heavy (non-hydrogen) atoms. The van der Waals surface area contributed by atoms with Crippen LogP contribution in [0.2, 0.25) is 0 Å². The summed E-state index contributed by atoms with van der Waals surface area (Å²) in [6.45, 7) is 6.46. The number of hydrogen-bond donors (Lipinski definition) is 1. The first-order valence-electron chi connectivity index (χ1n) is 8.86. The van der Waals surface area contributed by atoms with E-state index in [1.165, 1.54) is 77.0 Å². The Kier molecular flexibility index (Phi) is 16.7. The number of rotatable bonds is 15. The monoisotopic (exact) mass is 333 g/mol. The van der Waals surface area contributed by atoms with Crippen LogP contribution in [0.3, 0.4) is 0 Å². The van der Waals surface area contributed by atoms with Gasteiger partial charge in [0.25, 0.3) is 0 Å². The maximum absolute atomic E-state index is 5.53. The number of nitrogens with zero attached hydrogens (tertiary/aromatic N) is 1. The zero-order valence-electron chi connectivity index (χ0n) is 14.1. The fraction of sp³-hybridized carbons (Fsp3) is 0.941. The van der Waals surface area contributed by atoms with Gasteiger partial charge in [-0.3, -0.25) is 0 Å². The van der Waals surface area contributed by atoms with E-state index in [4.69, 9.17) is 17.1 Å². The molecular weight excluding hydrogens is 298 g/mol. The summed E-state index contributed by atoms with van der Waals surface area (Å²) in [5, 5.41) is 2.01.